The molecule has 1 aliphatic heterocycles. The molecule has 1 aliphatic rings. The molecule has 0 bridgehead atoms. The topological polar surface area (TPSA) is 76.5 Å². The second-order valence-corrected chi connectivity index (χ2v) is 7.92. The van der Waals surface area contributed by atoms with E-state index in [9.17, 15) is 9.59 Å². The van der Waals surface area contributed by atoms with Gasteiger partial charge in [0.1, 0.15) is 18.1 Å². The minimum atomic E-state index is -0.270. The largest absolute Gasteiger partial charge is 0.497 e. The number of methoxy groups -OCH3 is 1. The highest BCUT2D eigenvalue weighted by atomic mass is 16.5. The van der Waals surface area contributed by atoms with Crippen molar-refractivity contribution in [2.45, 2.75) is 39.4 Å². The Kier molecular flexibility index (Phi) is 6.66. The minimum Gasteiger partial charge on any atom is -0.497 e. The summed E-state index contributed by atoms with van der Waals surface area (Å²) in [4.78, 5) is 33.1. The molecule has 0 aliphatic carbocycles. The molecule has 0 unspecified atom stereocenters. The van der Waals surface area contributed by atoms with E-state index in [-0.39, 0.29) is 18.0 Å². The fourth-order valence-electron chi connectivity index (χ4n) is 4.07. The lowest BCUT2D eigenvalue weighted by Crippen LogP contribution is -2.40. The third kappa shape index (κ3) is 4.89. The van der Waals surface area contributed by atoms with Crippen molar-refractivity contribution in [2.75, 3.05) is 19.0 Å². The lowest BCUT2D eigenvalue weighted by Gasteiger charge is -2.28. The van der Waals surface area contributed by atoms with Crippen LogP contribution >= 0.6 is 0 Å². The van der Waals surface area contributed by atoms with Crippen LogP contribution in [-0.4, -0.2) is 34.0 Å². The van der Waals surface area contributed by atoms with Crippen molar-refractivity contribution in [2.24, 2.45) is 0 Å². The van der Waals surface area contributed by atoms with Crippen molar-refractivity contribution in [3.05, 3.63) is 87.6 Å². The standard InChI is InChI=1S/C25H28N4O3/c1-3-23-27-22-12-13-28(15-18-8-5-4-6-9-18)16-21(22)25(31)29(23)17-24(30)26-19-10-7-11-20(14-19)32-2/h4-11,14H,3,12-13,15-17H2,1-2H3,(H,26,30). The summed E-state index contributed by atoms with van der Waals surface area (Å²) < 4.78 is 6.72. The molecule has 0 radical (unpaired) electrons. The summed E-state index contributed by atoms with van der Waals surface area (Å²) in [5.41, 5.74) is 3.28. The van der Waals surface area contributed by atoms with E-state index in [1.807, 2.05) is 31.2 Å². The van der Waals surface area contributed by atoms with Gasteiger partial charge in [0.25, 0.3) is 5.56 Å². The number of benzene rings is 2. The third-order valence-corrected chi connectivity index (χ3v) is 5.69. The fourth-order valence-corrected chi connectivity index (χ4v) is 4.07. The number of anilines is 1. The molecule has 0 atom stereocenters. The molecule has 2 aromatic carbocycles. The summed E-state index contributed by atoms with van der Waals surface area (Å²) in [5.74, 6) is 1.03. The van der Waals surface area contributed by atoms with Crippen molar-refractivity contribution in [3.8, 4) is 5.75 Å². The number of nitrogens with one attached hydrogen (secondary N) is 1. The maximum atomic E-state index is 13.4. The summed E-state index contributed by atoms with van der Waals surface area (Å²) in [6, 6.07) is 17.4. The Labute approximate surface area is 187 Å². The number of nitrogens with zero attached hydrogens (tertiary/aromatic N) is 3. The first-order valence-electron chi connectivity index (χ1n) is 10.9. The molecule has 4 rings (SSSR count). The molecule has 1 amide bonds. The van der Waals surface area contributed by atoms with Crippen LogP contribution in [0, 0.1) is 0 Å². The van der Waals surface area contributed by atoms with E-state index in [2.05, 4.69) is 22.3 Å². The van der Waals surface area contributed by atoms with Crippen LogP contribution in [-0.2, 0) is 37.3 Å². The average Bonchev–Trinajstić information content (AvgIpc) is 2.82. The maximum Gasteiger partial charge on any atom is 0.258 e. The normalized spacial score (nSPS) is 13.4. The van der Waals surface area contributed by atoms with Crippen molar-refractivity contribution >= 4 is 11.6 Å². The molecular formula is C25H28N4O3. The number of rotatable bonds is 7. The monoisotopic (exact) mass is 432 g/mol. The molecule has 7 nitrogen and oxygen atoms in total. The number of hydrogen-bond acceptors (Lipinski definition) is 5. The van der Waals surface area contributed by atoms with Gasteiger partial charge in [-0.2, -0.15) is 0 Å². The van der Waals surface area contributed by atoms with E-state index >= 15 is 0 Å². The van der Waals surface area contributed by atoms with Crippen LogP contribution in [0.3, 0.4) is 0 Å². The zero-order chi connectivity index (χ0) is 22.5. The molecule has 32 heavy (non-hydrogen) atoms. The van der Waals surface area contributed by atoms with Crippen molar-refractivity contribution in [1.29, 1.82) is 0 Å². The molecule has 1 N–H and O–H groups in total. The van der Waals surface area contributed by atoms with Gasteiger partial charge in [0, 0.05) is 44.2 Å². The smallest absolute Gasteiger partial charge is 0.258 e. The van der Waals surface area contributed by atoms with E-state index in [1.165, 1.54) is 10.1 Å². The third-order valence-electron chi connectivity index (χ3n) is 5.69. The van der Waals surface area contributed by atoms with Crippen LogP contribution in [0.1, 0.15) is 29.6 Å². The van der Waals surface area contributed by atoms with E-state index in [0.717, 1.165) is 25.2 Å². The molecular weight excluding hydrogens is 404 g/mol. The Hall–Kier alpha value is -3.45. The van der Waals surface area contributed by atoms with Gasteiger partial charge in [-0.25, -0.2) is 4.98 Å². The van der Waals surface area contributed by atoms with Gasteiger partial charge in [-0.1, -0.05) is 43.3 Å². The Bertz CT molecular complexity index is 1160. The van der Waals surface area contributed by atoms with Gasteiger partial charge in [-0.15, -0.1) is 0 Å². The van der Waals surface area contributed by atoms with E-state index < -0.39 is 0 Å². The second-order valence-electron chi connectivity index (χ2n) is 7.92. The van der Waals surface area contributed by atoms with Gasteiger partial charge in [0.2, 0.25) is 5.91 Å². The molecule has 0 saturated carbocycles. The number of hydrogen-bond donors (Lipinski definition) is 1. The van der Waals surface area contributed by atoms with Gasteiger partial charge in [0.05, 0.1) is 18.4 Å². The zero-order valence-electron chi connectivity index (χ0n) is 18.5. The molecule has 3 aromatic rings. The number of fused-ring (bicyclic) bond motifs is 1. The summed E-state index contributed by atoms with van der Waals surface area (Å²) >= 11 is 0. The van der Waals surface area contributed by atoms with Crippen molar-refractivity contribution in [3.63, 3.8) is 0 Å². The fraction of sp³-hybridized carbons (Fsp3) is 0.320. The lowest BCUT2D eigenvalue weighted by atomic mass is 10.1. The first-order chi connectivity index (χ1) is 15.6. The molecule has 7 heteroatoms. The number of carbonyl (C=O) groups is 1. The van der Waals surface area contributed by atoms with Crippen LogP contribution in [0.4, 0.5) is 5.69 Å². The van der Waals surface area contributed by atoms with Gasteiger partial charge in [0.15, 0.2) is 0 Å². The van der Waals surface area contributed by atoms with E-state index in [4.69, 9.17) is 9.72 Å². The number of carbonyl (C=O) groups excluding carboxylic acids is 1. The molecule has 1 aromatic heterocycles. The van der Waals surface area contributed by atoms with Crippen LogP contribution in [0.25, 0.3) is 0 Å². The lowest BCUT2D eigenvalue weighted by molar-refractivity contribution is -0.116. The zero-order valence-corrected chi connectivity index (χ0v) is 18.5. The van der Waals surface area contributed by atoms with Crippen LogP contribution < -0.4 is 15.6 Å². The second kappa shape index (κ2) is 9.78. The first-order valence-corrected chi connectivity index (χ1v) is 10.9. The Morgan fingerprint density at radius 1 is 1.16 bits per heavy atom. The number of amides is 1. The molecule has 0 saturated heterocycles. The summed E-state index contributed by atoms with van der Waals surface area (Å²) in [5, 5.41) is 2.85. The first kappa shape index (κ1) is 21.8. The Morgan fingerprint density at radius 2 is 1.97 bits per heavy atom. The van der Waals surface area contributed by atoms with Gasteiger partial charge in [-0.3, -0.25) is 19.1 Å². The van der Waals surface area contributed by atoms with E-state index in [0.29, 0.717) is 35.8 Å². The van der Waals surface area contributed by atoms with Crippen LogP contribution in [0.2, 0.25) is 0 Å². The van der Waals surface area contributed by atoms with Crippen LogP contribution in [0.5, 0.6) is 5.75 Å². The highest BCUT2D eigenvalue weighted by Crippen LogP contribution is 2.19. The molecule has 0 fully saturated rings. The van der Waals surface area contributed by atoms with Crippen molar-refractivity contribution in [1.82, 2.24) is 14.5 Å². The Morgan fingerprint density at radius 3 is 2.72 bits per heavy atom. The molecule has 166 valence electrons. The van der Waals surface area contributed by atoms with Crippen LogP contribution in [0.15, 0.2) is 59.4 Å². The van der Waals surface area contributed by atoms with E-state index in [1.54, 1.807) is 25.3 Å². The predicted octanol–water partition coefficient (Wildman–Crippen LogP) is 3.01. The quantitative estimate of drug-likeness (QED) is 0.621. The summed E-state index contributed by atoms with van der Waals surface area (Å²) in [6.07, 6.45) is 1.32. The summed E-state index contributed by atoms with van der Waals surface area (Å²) in [7, 11) is 1.58. The Balaban J connectivity index is 1.54. The van der Waals surface area contributed by atoms with Gasteiger partial charge in [-0.05, 0) is 17.7 Å². The highest BCUT2D eigenvalue weighted by Gasteiger charge is 2.24. The number of aromatic nitrogens is 2. The number of aryl methyl sites for hydroxylation is 1. The minimum absolute atomic E-state index is 0.0712. The SMILES string of the molecule is CCc1nc2c(c(=O)n1CC(=O)Nc1cccc(OC)c1)CN(Cc1ccccc1)CC2. The highest BCUT2D eigenvalue weighted by molar-refractivity contribution is 5.90. The van der Waals surface area contributed by atoms with Gasteiger partial charge < -0.3 is 10.1 Å². The van der Waals surface area contributed by atoms with Gasteiger partial charge >= 0.3 is 0 Å². The predicted molar refractivity (Wildman–Crippen MR) is 124 cm³/mol. The van der Waals surface area contributed by atoms with Crippen molar-refractivity contribution < 1.29 is 9.53 Å². The average molecular weight is 433 g/mol. The molecule has 0 spiro atoms. The summed E-state index contributed by atoms with van der Waals surface area (Å²) in [6.45, 7) is 4.06. The maximum absolute atomic E-state index is 13.4. The molecule has 2 heterocycles. The number of ether oxygens (including phenoxy) is 1.